The summed E-state index contributed by atoms with van der Waals surface area (Å²) in [6.45, 7) is 1.59. The predicted octanol–water partition coefficient (Wildman–Crippen LogP) is 2.43. The van der Waals surface area contributed by atoms with E-state index in [1.54, 1.807) is 0 Å². The standard InChI is InChI=1S/C11H15FN2O2S/c12-9-7-13-11(17-9)14-10(15)2-1-8-3-5-16-6-4-8/h7-8H,1-6H2,(H,13,14,15). The average molecular weight is 258 g/mol. The van der Waals surface area contributed by atoms with Crippen molar-refractivity contribution in [2.75, 3.05) is 18.5 Å². The second-order valence-corrected chi connectivity index (χ2v) is 5.09. The molecule has 0 aromatic carbocycles. The maximum absolute atomic E-state index is 12.6. The highest BCUT2D eigenvalue weighted by Crippen LogP contribution is 2.21. The van der Waals surface area contributed by atoms with Crippen LogP contribution < -0.4 is 5.32 Å². The Kier molecular flexibility index (Phi) is 4.44. The molecule has 2 heterocycles. The first-order chi connectivity index (χ1) is 8.24. The topological polar surface area (TPSA) is 51.2 Å². The molecule has 0 unspecified atom stereocenters. The van der Waals surface area contributed by atoms with E-state index in [1.807, 2.05) is 0 Å². The van der Waals surface area contributed by atoms with Gasteiger partial charge in [0.05, 0.1) is 6.20 Å². The minimum absolute atomic E-state index is 0.0918. The largest absolute Gasteiger partial charge is 0.381 e. The van der Waals surface area contributed by atoms with Gasteiger partial charge in [-0.15, -0.1) is 0 Å². The van der Waals surface area contributed by atoms with Gasteiger partial charge in [0.1, 0.15) is 0 Å². The lowest BCUT2D eigenvalue weighted by Gasteiger charge is -2.21. The number of carbonyl (C=O) groups is 1. The third-order valence-electron chi connectivity index (χ3n) is 2.84. The summed E-state index contributed by atoms with van der Waals surface area (Å²) in [5, 5.41) is 2.55. The first-order valence-corrected chi connectivity index (χ1v) is 6.54. The molecule has 4 nitrogen and oxygen atoms in total. The fourth-order valence-corrected chi connectivity index (χ4v) is 2.42. The summed E-state index contributed by atoms with van der Waals surface area (Å²) in [4.78, 5) is 15.3. The number of halogens is 1. The van der Waals surface area contributed by atoms with Crippen molar-refractivity contribution in [3.63, 3.8) is 0 Å². The van der Waals surface area contributed by atoms with Crippen LogP contribution in [0.2, 0.25) is 0 Å². The Balaban J connectivity index is 1.70. The zero-order valence-corrected chi connectivity index (χ0v) is 10.3. The van der Waals surface area contributed by atoms with Gasteiger partial charge < -0.3 is 10.1 Å². The van der Waals surface area contributed by atoms with Crippen LogP contribution in [0.4, 0.5) is 9.52 Å². The van der Waals surface area contributed by atoms with Gasteiger partial charge in [-0.05, 0) is 25.2 Å². The van der Waals surface area contributed by atoms with Gasteiger partial charge in [-0.2, -0.15) is 4.39 Å². The number of hydrogen-bond acceptors (Lipinski definition) is 4. The van der Waals surface area contributed by atoms with E-state index in [0.717, 1.165) is 50.0 Å². The molecule has 0 atom stereocenters. The molecule has 1 saturated heterocycles. The first kappa shape index (κ1) is 12.4. The van der Waals surface area contributed by atoms with Gasteiger partial charge >= 0.3 is 0 Å². The molecule has 1 aliphatic rings. The van der Waals surface area contributed by atoms with Gasteiger partial charge in [-0.1, -0.05) is 11.3 Å². The quantitative estimate of drug-likeness (QED) is 0.902. The SMILES string of the molecule is O=C(CCC1CCOCC1)Nc1ncc(F)s1. The molecule has 2 rings (SSSR count). The first-order valence-electron chi connectivity index (χ1n) is 5.73. The number of ether oxygens (including phenoxy) is 1. The number of hydrogen-bond donors (Lipinski definition) is 1. The fraction of sp³-hybridized carbons (Fsp3) is 0.636. The van der Waals surface area contributed by atoms with Gasteiger partial charge in [-0.3, -0.25) is 4.79 Å². The lowest BCUT2D eigenvalue weighted by atomic mass is 9.95. The van der Waals surface area contributed by atoms with Gasteiger partial charge in [-0.25, -0.2) is 4.98 Å². The van der Waals surface area contributed by atoms with E-state index in [9.17, 15) is 9.18 Å². The molecule has 1 N–H and O–H groups in total. The van der Waals surface area contributed by atoms with Crippen LogP contribution in [0.25, 0.3) is 0 Å². The number of nitrogens with one attached hydrogen (secondary N) is 1. The Morgan fingerprint density at radius 3 is 3.00 bits per heavy atom. The number of thiazole rings is 1. The number of amides is 1. The van der Waals surface area contributed by atoms with Gasteiger partial charge in [0.2, 0.25) is 5.91 Å². The molecule has 6 heteroatoms. The molecule has 1 aliphatic heterocycles. The number of aromatic nitrogens is 1. The molecule has 0 aliphatic carbocycles. The Hall–Kier alpha value is -1.01. The third-order valence-corrected chi connectivity index (χ3v) is 3.55. The van der Waals surface area contributed by atoms with E-state index < -0.39 is 0 Å². The van der Waals surface area contributed by atoms with Crippen LogP contribution in [-0.2, 0) is 9.53 Å². The average Bonchev–Trinajstić information content (AvgIpc) is 2.73. The van der Waals surface area contributed by atoms with E-state index in [1.165, 1.54) is 0 Å². The molecule has 0 radical (unpaired) electrons. The lowest BCUT2D eigenvalue weighted by molar-refractivity contribution is -0.116. The van der Waals surface area contributed by atoms with Crippen molar-refractivity contribution in [2.45, 2.75) is 25.7 Å². The van der Waals surface area contributed by atoms with E-state index in [4.69, 9.17) is 4.74 Å². The van der Waals surface area contributed by atoms with Crippen LogP contribution in [0.1, 0.15) is 25.7 Å². The zero-order chi connectivity index (χ0) is 12.1. The van der Waals surface area contributed by atoms with Crippen LogP contribution in [0.5, 0.6) is 0 Å². The Bertz CT molecular complexity index is 377. The zero-order valence-electron chi connectivity index (χ0n) is 9.45. The summed E-state index contributed by atoms with van der Waals surface area (Å²) in [7, 11) is 0. The number of nitrogens with zero attached hydrogens (tertiary/aromatic N) is 1. The summed E-state index contributed by atoms with van der Waals surface area (Å²) in [5.74, 6) is 0.480. The smallest absolute Gasteiger partial charge is 0.226 e. The highest BCUT2D eigenvalue weighted by molar-refractivity contribution is 7.14. The summed E-state index contributed by atoms with van der Waals surface area (Å²) in [6.07, 6.45) is 4.49. The van der Waals surface area contributed by atoms with Crippen molar-refractivity contribution >= 4 is 22.4 Å². The second-order valence-electron chi connectivity index (χ2n) is 4.11. The normalized spacial score (nSPS) is 17.0. The maximum atomic E-state index is 12.6. The highest BCUT2D eigenvalue weighted by Gasteiger charge is 2.15. The number of anilines is 1. The van der Waals surface area contributed by atoms with Crippen molar-refractivity contribution in [1.82, 2.24) is 4.98 Å². The van der Waals surface area contributed by atoms with Crippen LogP contribution >= 0.6 is 11.3 Å². The summed E-state index contributed by atoms with van der Waals surface area (Å²) in [5.41, 5.74) is 0. The monoisotopic (exact) mass is 258 g/mol. The minimum atomic E-state index is -0.385. The highest BCUT2D eigenvalue weighted by atomic mass is 32.1. The summed E-state index contributed by atoms with van der Waals surface area (Å²) < 4.78 is 17.9. The molecule has 1 aromatic rings. The Morgan fingerprint density at radius 1 is 1.59 bits per heavy atom. The summed E-state index contributed by atoms with van der Waals surface area (Å²) >= 11 is 0.848. The number of carbonyl (C=O) groups excluding carboxylic acids is 1. The van der Waals surface area contributed by atoms with Crippen LogP contribution in [0.3, 0.4) is 0 Å². The molecular formula is C11H15FN2O2S. The number of rotatable bonds is 4. The summed E-state index contributed by atoms with van der Waals surface area (Å²) in [6, 6.07) is 0. The molecule has 0 saturated carbocycles. The van der Waals surface area contributed by atoms with Crippen LogP contribution in [0.15, 0.2) is 6.20 Å². The van der Waals surface area contributed by atoms with E-state index >= 15 is 0 Å². The van der Waals surface area contributed by atoms with Crippen molar-refractivity contribution in [3.8, 4) is 0 Å². The minimum Gasteiger partial charge on any atom is -0.381 e. The van der Waals surface area contributed by atoms with E-state index in [-0.39, 0.29) is 11.0 Å². The van der Waals surface area contributed by atoms with Crippen molar-refractivity contribution < 1.29 is 13.9 Å². The Labute approximate surface area is 103 Å². The molecule has 94 valence electrons. The van der Waals surface area contributed by atoms with Gasteiger partial charge in [0.25, 0.3) is 0 Å². The third kappa shape index (κ3) is 4.05. The molecule has 1 amide bonds. The maximum Gasteiger partial charge on any atom is 0.226 e. The lowest BCUT2D eigenvalue weighted by Crippen LogP contribution is -2.18. The molecule has 1 aromatic heterocycles. The van der Waals surface area contributed by atoms with E-state index in [0.29, 0.717) is 17.5 Å². The Morgan fingerprint density at radius 2 is 2.35 bits per heavy atom. The van der Waals surface area contributed by atoms with Crippen LogP contribution in [-0.4, -0.2) is 24.1 Å². The molecular weight excluding hydrogens is 243 g/mol. The van der Waals surface area contributed by atoms with Gasteiger partial charge in [0, 0.05) is 19.6 Å². The molecule has 17 heavy (non-hydrogen) atoms. The fourth-order valence-electron chi connectivity index (χ4n) is 1.86. The van der Waals surface area contributed by atoms with Crippen molar-refractivity contribution in [1.29, 1.82) is 0 Å². The second kappa shape index (κ2) is 6.07. The predicted molar refractivity (Wildman–Crippen MR) is 63.5 cm³/mol. The molecule has 1 fully saturated rings. The van der Waals surface area contributed by atoms with Crippen molar-refractivity contribution in [2.24, 2.45) is 5.92 Å². The molecule has 0 spiro atoms. The molecule has 0 bridgehead atoms. The van der Waals surface area contributed by atoms with Crippen LogP contribution in [0, 0.1) is 11.0 Å². The van der Waals surface area contributed by atoms with E-state index in [2.05, 4.69) is 10.3 Å². The van der Waals surface area contributed by atoms with Gasteiger partial charge in [0.15, 0.2) is 10.3 Å². The van der Waals surface area contributed by atoms with Crippen molar-refractivity contribution in [3.05, 3.63) is 11.3 Å².